The lowest BCUT2D eigenvalue weighted by molar-refractivity contribution is -0.139. The topological polar surface area (TPSA) is 52.7 Å². The first-order chi connectivity index (χ1) is 12.4. The molecule has 0 bridgehead atoms. The molecule has 5 heteroatoms. The van der Waals surface area contributed by atoms with Gasteiger partial charge in [-0.05, 0) is 69.8 Å². The fourth-order valence-electron chi connectivity index (χ4n) is 3.95. The lowest BCUT2D eigenvalue weighted by Gasteiger charge is -2.36. The van der Waals surface area contributed by atoms with Crippen molar-refractivity contribution in [3.63, 3.8) is 0 Å². The van der Waals surface area contributed by atoms with Gasteiger partial charge in [-0.2, -0.15) is 0 Å². The number of nitrogens with one attached hydrogen (secondary N) is 1. The van der Waals surface area contributed by atoms with Gasteiger partial charge in [-0.1, -0.05) is 6.07 Å². The number of carbonyl (C=O) groups excluding carboxylic acids is 2. The standard InChI is InChI=1S/C21H31N3O2/c1-15-4-9-19(14-16(15)2)22-20(25)17-5-7-18(8-6-17)21(26)24-12-10-23(3)11-13-24/h4,9,14,17-18H,5-8,10-13H2,1-3H3,(H,22,25). The maximum atomic E-state index is 12.7. The van der Waals surface area contributed by atoms with Gasteiger partial charge in [-0.15, -0.1) is 0 Å². The number of benzene rings is 1. The zero-order chi connectivity index (χ0) is 18.7. The lowest BCUT2D eigenvalue weighted by Crippen LogP contribution is -2.49. The van der Waals surface area contributed by atoms with Gasteiger partial charge >= 0.3 is 0 Å². The second kappa shape index (κ2) is 8.21. The summed E-state index contributed by atoms with van der Waals surface area (Å²) in [6.45, 7) is 7.71. The van der Waals surface area contributed by atoms with Crippen molar-refractivity contribution >= 4 is 17.5 Å². The van der Waals surface area contributed by atoms with Gasteiger partial charge in [0, 0.05) is 43.7 Å². The summed E-state index contributed by atoms with van der Waals surface area (Å²) in [5, 5.41) is 3.05. The van der Waals surface area contributed by atoms with Gasteiger partial charge in [0.2, 0.25) is 11.8 Å². The summed E-state index contributed by atoms with van der Waals surface area (Å²) in [5.41, 5.74) is 3.28. The van der Waals surface area contributed by atoms with Crippen LogP contribution in [0.5, 0.6) is 0 Å². The number of anilines is 1. The zero-order valence-corrected chi connectivity index (χ0v) is 16.3. The maximum absolute atomic E-state index is 12.7. The van der Waals surface area contributed by atoms with E-state index >= 15 is 0 Å². The molecule has 2 amide bonds. The first kappa shape index (κ1) is 18.9. The van der Waals surface area contributed by atoms with E-state index in [1.807, 2.05) is 23.1 Å². The molecule has 2 aliphatic rings. The van der Waals surface area contributed by atoms with E-state index < -0.39 is 0 Å². The van der Waals surface area contributed by atoms with Crippen LogP contribution in [0.3, 0.4) is 0 Å². The number of likely N-dealkylation sites (N-methyl/N-ethyl adjacent to an activating group) is 1. The molecule has 1 aliphatic carbocycles. The van der Waals surface area contributed by atoms with E-state index in [0.29, 0.717) is 5.91 Å². The highest BCUT2D eigenvalue weighted by molar-refractivity contribution is 5.93. The first-order valence-corrected chi connectivity index (χ1v) is 9.79. The molecule has 1 heterocycles. The minimum atomic E-state index is 0.0214. The summed E-state index contributed by atoms with van der Waals surface area (Å²) < 4.78 is 0. The predicted octanol–water partition coefficient (Wildman–Crippen LogP) is 2.82. The molecule has 1 aromatic rings. The summed E-state index contributed by atoms with van der Waals surface area (Å²) in [7, 11) is 2.10. The Morgan fingerprint density at radius 1 is 0.923 bits per heavy atom. The molecule has 3 rings (SSSR count). The van der Waals surface area contributed by atoms with E-state index in [4.69, 9.17) is 0 Å². The molecule has 142 valence electrons. The van der Waals surface area contributed by atoms with Crippen LogP contribution in [0.4, 0.5) is 5.69 Å². The molecule has 1 aromatic carbocycles. The minimum Gasteiger partial charge on any atom is -0.340 e. The van der Waals surface area contributed by atoms with Gasteiger partial charge in [0.05, 0.1) is 0 Å². The van der Waals surface area contributed by atoms with Crippen molar-refractivity contribution in [2.24, 2.45) is 11.8 Å². The second-order valence-corrected chi connectivity index (χ2v) is 7.97. The number of piperazine rings is 1. The molecular formula is C21H31N3O2. The quantitative estimate of drug-likeness (QED) is 0.905. The van der Waals surface area contributed by atoms with Crippen LogP contribution in [0, 0.1) is 25.7 Å². The van der Waals surface area contributed by atoms with E-state index in [-0.39, 0.29) is 17.7 Å². The van der Waals surface area contributed by atoms with E-state index in [0.717, 1.165) is 57.5 Å². The maximum Gasteiger partial charge on any atom is 0.227 e. The van der Waals surface area contributed by atoms with Crippen LogP contribution in [0.1, 0.15) is 36.8 Å². The van der Waals surface area contributed by atoms with E-state index in [1.54, 1.807) is 0 Å². The molecule has 0 aromatic heterocycles. The van der Waals surface area contributed by atoms with Crippen LogP contribution in [-0.4, -0.2) is 54.8 Å². The Hall–Kier alpha value is -1.88. The molecule has 0 unspecified atom stereocenters. The summed E-state index contributed by atoms with van der Waals surface area (Å²) in [5.74, 6) is 0.516. The van der Waals surface area contributed by atoms with Crippen molar-refractivity contribution in [3.05, 3.63) is 29.3 Å². The number of hydrogen-bond acceptors (Lipinski definition) is 3. The smallest absolute Gasteiger partial charge is 0.227 e. The molecule has 0 radical (unpaired) electrons. The number of aryl methyl sites for hydroxylation is 2. The molecule has 26 heavy (non-hydrogen) atoms. The molecule has 0 spiro atoms. The fraction of sp³-hybridized carbons (Fsp3) is 0.619. The monoisotopic (exact) mass is 357 g/mol. The number of carbonyl (C=O) groups is 2. The average Bonchev–Trinajstić information content (AvgIpc) is 2.65. The third kappa shape index (κ3) is 4.44. The van der Waals surface area contributed by atoms with Crippen molar-refractivity contribution in [2.75, 3.05) is 38.5 Å². The molecule has 2 fully saturated rings. The van der Waals surface area contributed by atoms with Crippen LogP contribution >= 0.6 is 0 Å². The van der Waals surface area contributed by atoms with Crippen molar-refractivity contribution < 1.29 is 9.59 Å². The largest absolute Gasteiger partial charge is 0.340 e. The zero-order valence-electron chi connectivity index (χ0n) is 16.3. The molecule has 1 aliphatic heterocycles. The number of amides is 2. The highest BCUT2D eigenvalue weighted by Gasteiger charge is 2.33. The van der Waals surface area contributed by atoms with Crippen LogP contribution < -0.4 is 5.32 Å². The molecule has 1 saturated heterocycles. The van der Waals surface area contributed by atoms with Crippen molar-refractivity contribution in [3.8, 4) is 0 Å². The van der Waals surface area contributed by atoms with Gasteiger partial charge in [0.1, 0.15) is 0 Å². The van der Waals surface area contributed by atoms with Crippen molar-refractivity contribution in [2.45, 2.75) is 39.5 Å². The number of nitrogens with zero attached hydrogens (tertiary/aromatic N) is 2. The first-order valence-electron chi connectivity index (χ1n) is 9.79. The predicted molar refractivity (Wildman–Crippen MR) is 104 cm³/mol. The Kier molecular flexibility index (Phi) is 5.97. The third-order valence-electron chi connectivity index (χ3n) is 6.04. The molecule has 1 N–H and O–H groups in total. The van der Waals surface area contributed by atoms with Crippen molar-refractivity contribution in [1.82, 2.24) is 9.80 Å². The van der Waals surface area contributed by atoms with Crippen LogP contribution in [0.2, 0.25) is 0 Å². The lowest BCUT2D eigenvalue weighted by atomic mass is 9.80. The number of rotatable bonds is 3. The van der Waals surface area contributed by atoms with Crippen molar-refractivity contribution in [1.29, 1.82) is 0 Å². The summed E-state index contributed by atoms with van der Waals surface area (Å²) in [4.78, 5) is 29.5. The normalized spacial score (nSPS) is 24.3. The third-order valence-corrected chi connectivity index (χ3v) is 6.04. The van der Waals surface area contributed by atoms with Gasteiger partial charge in [0.25, 0.3) is 0 Å². The Labute approximate surface area is 156 Å². The van der Waals surface area contributed by atoms with Gasteiger partial charge < -0.3 is 15.1 Å². The van der Waals surface area contributed by atoms with E-state index in [9.17, 15) is 9.59 Å². The minimum absolute atomic E-state index is 0.0214. The van der Waals surface area contributed by atoms with Crippen LogP contribution in [0.25, 0.3) is 0 Å². The average molecular weight is 357 g/mol. The highest BCUT2D eigenvalue weighted by atomic mass is 16.2. The Morgan fingerprint density at radius 3 is 2.15 bits per heavy atom. The molecule has 5 nitrogen and oxygen atoms in total. The fourth-order valence-corrected chi connectivity index (χ4v) is 3.95. The summed E-state index contributed by atoms with van der Waals surface area (Å²) in [6, 6.07) is 6.02. The SMILES string of the molecule is Cc1ccc(NC(=O)C2CCC(C(=O)N3CCN(C)CC3)CC2)cc1C. The van der Waals surface area contributed by atoms with E-state index in [2.05, 4.69) is 31.1 Å². The van der Waals surface area contributed by atoms with E-state index in [1.165, 1.54) is 11.1 Å². The second-order valence-electron chi connectivity index (χ2n) is 7.97. The van der Waals surface area contributed by atoms with Gasteiger partial charge in [-0.25, -0.2) is 0 Å². The van der Waals surface area contributed by atoms with Gasteiger partial charge in [-0.3, -0.25) is 9.59 Å². The molecule has 0 atom stereocenters. The Bertz CT molecular complexity index is 657. The Morgan fingerprint density at radius 2 is 1.54 bits per heavy atom. The summed E-state index contributed by atoms with van der Waals surface area (Å²) >= 11 is 0. The number of hydrogen-bond donors (Lipinski definition) is 1. The molecular weight excluding hydrogens is 326 g/mol. The molecule has 1 saturated carbocycles. The van der Waals surface area contributed by atoms with Crippen LogP contribution in [0.15, 0.2) is 18.2 Å². The van der Waals surface area contributed by atoms with Crippen LogP contribution in [-0.2, 0) is 9.59 Å². The van der Waals surface area contributed by atoms with Gasteiger partial charge in [0.15, 0.2) is 0 Å². The Balaban J connectivity index is 1.49. The summed E-state index contributed by atoms with van der Waals surface area (Å²) in [6.07, 6.45) is 3.27. The highest BCUT2D eigenvalue weighted by Crippen LogP contribution is 2.31.